The van der Waals surface area contributed by atoms with Crippen molar-refractivity contribution in [2.45, 2.75) is 26.2 Å². The van der Waals surface area contributed by atoms with Crippen LogP contribution in [0.15, 0.2) is 11.7 Å². The zero-order valence-corrected chi connectivity index (χ0v) is 17.6. The van der Waals surface area contributed by atoms with Crippen molar-refractivity contribution in [2.24, 2.45) is 24.8 Å². The van der Waals surface area contributed by atoms with Gasteiger partial charge >= 0.3 is 0 Å². The van der Waals surface area contributed by atoms with Gasteiger partial charge in [-0.15, -0.1) is 11.3 Å². The van der Waals surface area contributed by atoms with E-state index in [4.69, 9.17) is 11.6 Å². The fraction of sp³-hybridized carbons (Fsp3) is 0.579. The quantitative estimate of drug-likeness (QED) is 0.803. The van der Waals surface area contributed by atoms with E-state index in [1.54, 1.807) is 34.2 Å². The third-order valence-electron chi connectivity index (χ3n) is 5.99. The predicted molar refractivity (Wildman–Crippen MR) is 107 cm³/mol. The number of likely N-dealkylation sites (tertiary alicyclic amines) is 1. The second kappa shape index (κ2) is 7.83. The Morgan fingerprint density at radius 1 is 1.43 bits per heavy atom. The first-order chi connectivity index (χ1) is 13.4. The molecule has 1 N–H and O–H groups in total. The van der Waals surface area contributed by atoms with Gasteiger partial charge in [-0.05, 0) is 31.6 Å². The Morgan fingerprint density at radius 3 is 2.93 bits per heavy atom. The zero-order valence-electron chi connectivity index (χ0n) is 16.0. The Labute approximate surface area is 173 Å². The Kier molecular flexibility index (Phi) is 5.42. The van der Waals surface area contributed by atoms with E-state index in [-0.39, 0.29) is 23.7 Å². The van der Waals surface area contributed by atoms with Crippen LogP contribution >= 0.6 is 22.9 Å². The van der Waals surface area contributed by atoms with Gasteiger partial charge in [0.15, 0.2) is 5.69 Å². The summed E-state index contributed by atoms with van der Waals surface area (Å²) in [5.74, 6) is 0.708. The number of nitrogens with zero attached hydrogens (tertiary/aromatic N) is 4. The molecule has 2 aliphatic rings. The molecule has 2 fully saturated rings. The van der Waals surface area contributed by atoms with Crippen LogP contribution < -0.4 is 5.32 Å². The van der Waals surface area contributed by atoms with E-state index in [1.165, 1.54) is 4.88 Å². The van der Waals surface area contributed by atoms with E-state index in [0.29, 0.717) is 36.3 Å². The predicted octanol–water partition coefficient (Wildman–Crippen LogP) is 2.30. The number of nitrogens with one attached hydrogen (secondary N) is 1. The highest BCUT2D eigenvalue weighted by molar-refractivity contribution is 7.09. The Bertz CT molecular complexity index is 895. The fourth-order valence-electron chi connectivity index (χ4n) is 4.32. The lowest BCUT2D eigenvalue weighted by molar-refractivity contribution is -0.136. The molecule has 0 bridgehead atoms. The molecule has 0 radical (unpaired) electrons. The third-order valence-corrected chi connectivity index (χ3v) is 7.26. The molecule has 150 valence electrons. The molecular weight excluding hydrogens is 398 g/mol. The molecule has 0 unspecified atom stereocenters. The molecule has 3 heterocycles. The summed E-state index contributed by atoms with van der Waals surface area (Å²) in [4.78, 5) is 32.7. The first-order valence-electron chi connectivity index (χ1n) is 9.59. The summed E-state index contributed by atoms with van der Waals surface area (Å²) in [5, 5.41) is 7.63. The number of halogens is 1. The van der Waals surface area contributed by atoms with Crippen LogP contribution in [-0.4, -0.2) is 51.1 Å². The maximum absolute atomic E-state index is 12.8. The number of carbonyl (C=O) groups is 2. The largest absolute Gasteiger partial charge is 0.355 e. The van der Waals surface area contributed by atoms with Gasteiger partial charge in [0.2, 0.25) is 5.91 Å². The van der Waals surface area contributed by atoms with Crippen molar-refractivity contribution in [3.8, 4) is 0 Å². The average Bonchev–Trinajstić information content (AvgIpc) is 3.20. The van der Waals surface area contributed by atoms with Gasteiger partial charge in [0.1, 0.15) is 0 Å². The fourth-order valence-corrected chi connectivity index (χ4v) is 5.36. The van der Waals surface area contributed by atoms with E-state index >= 15 is 0 Å². The lowest BCUT2D eigenvalue weighted by Gasteiger charge is -2.50. The van der Waals surface area contributed by atoms with E-state index < -0.39 is 0 Å². The van der Waals surface area contributed by atoms with E-state index in [9.17, 15) is 9.59 Å². The highest BCUT2D eigenvalue weighted by atomic mass is 35.5. The number of piperidine rings is 1. The highest BCUT2D eigenvalue weighted by Gasteiger charge is 2.48. The van der Waals surface area contributed by atoms with E-state index in [0.717, 1.165) is 25.0 Å². The van der Waals surface area contributed by atoms with Crippen molar-refractivity contribution in [1.82, 2.24) is 25.0 Å². The number of rotatable bonds is 5. The van der Waals surface area contributed by atoms with Crippen molar-refractivity contribution in [2.75, 3.05) is 19.6 Å². The summed E-state index contributed by atoms with van der Waals surface area (Å²) in [7, 11) is 1.74. The Hall–Kier alpha value is -1.93. The molecule has 0 spiro atoms. The summed E-state index contributed by atoms with van der Waals surface area (Å²) in [6.45, 7) is 3.92. The maximum Gasteiger partial charge on any atom is 0.275 e. The molecule has 0 aromatic carbocycles. The minimum absolute atomic E-state index is 0.0117. The molecule has 1 aliphatic heterocycles. The minimum atomic E-state index is -0.143. The number of aromatic nitrogens is 3. The van der Waals surface area contributed by atoms with Crippen molar-refractivity contribution >= 4 is 34.8 Å². The number of carbonyl (C=O) groups excluding carboxylic acids is 2. The Balaban J connectivity index is 1.32. The molecule has 2 amide bonds. The second-order valence-corrected chi connectivity index (χ2v) is 9.05. The zero-order chi connectivity index (χ0) is 19.8. The lowest BCUT2D eigenvalue weighted by Crippen LogP contribution is -2.56. The standard InChI is InChI=1S/C19H24ClN5O2S/c1-11-16(28-10-22-11)3-5-21-18(26)13-7-12-4-6-25(8-14(12)13)19(27)17-15(20)9-24(2)23-17/h9-10,12-14H,3-8H2,1-2H3,(H,21,26)/t12-,13-,14-/m1/s1. The molecule has 1 aliphatic carbocycles. The normalized spacial score (nSPS) is 23.8. The van der Waals surface area contributed by atoms with Gasteiger partial charge in [-0.25, -0.2) is 4.98 Å². The van der Waals surface area contributed by atoms with Gasteiger partial charge in [0.25, 0.3) is 5.91 Å². The summed E-state index contributed by atoms with van der Waals surface area (Å²) in [5.41, 5.74) is 3.17. The Morgan fingerprint density at radius 2 is 2.25 bits per heavy atom. The first kappa shape index (κ1) is 19.4. The summed E-state index contributed by atoms with van der Waals surface area (Å²) >= 11 is 7.76. The highest BCUT2D eigenvalue weighted by Crippen LogP contribution is 2.46. The lowest BCUT2D eigenvalue weighted by atomic mass is 9.61. The molecule has 1 saturated carbocycles. The molecule has 1 saturated heterocycles. The van der Waals surface area contributed by atoms with Crippen molar-refractivity contribution in [1.29, 1.82) is 0 Å². The topological polar surface area (TPSA) is 80.1 Å². The number of thiazole rings is 1. The molecule has 3 atom stereocenters. The van der Waals surface area contributed by atoms with Gasteiger partial charge in [-0.1, -0.05) is 11.6 Å². The van der Waals surface area contributed by atoms with Crippen molar-refractivity contribution < 1.29 is 9.59 Å². The van der Waals surface area contributed by atoms with Crippen molar-refractivity contribution in [3.05, 3.63) is 33.0 Å². The number of hydrogen-bond acceptors (Lipinski definition) is 5. The average molecular weight is 422 g/mol. The van der Waals surface area contributed by atoms with E-state index in [1.807, 2.05) is 12.4 Å². The van der Waals surface area contributed by atoms with Crippen molar-refractivity contribution in [3.63, 3.8) is 0 Å². The number of aryl methyl sites for hydroxylation is 2. The van der Waals surface area contributed by atoms with Crippen LogP contribution in [0.5, 0.6) is 0 Å². The van der Waals surface area contributed by atoms with Gasteiger partial charge in [-0.2, -0.15) is 5.10 Å². The van der Waals surface area contributed by atoms with Gasteiger partial charge in [0, 0.05) is 50.1 Å². The summed E-state index contributed by atoms with van der Waals surface area (Å²) < 4.78 is 1.55. The smallest absolute Gasteiger partial charge is 0.275 e. The van der Waals surface area contributed by atoms with Crippen LogP contribution in [0.2, 0.25) is 5.02 Å². The molecular formula is C19H24ClN5O2S. The molecule has 7 nitrogen and oxygen atoms in total. The first-order valence-corrected chi connectivity index (χ1v) is 10.8. The molecule has 9 heteroatoms. The summed E-state index contributed by atoms with van der Waals surface area (Å²) in [6, 6.07) is 0. The van der Waals surface area contributed by atoms with Gasteiger partial charge in [-0.3, -0.25) is 14.3 Å². The van der Waals surface area contributed by atoms with E-state index in [2.05, 4.69) is 15.4 Å². The van der Waals surface area contributed by atoms with Crippen LogP contribution in [0.4, 0.5) is 0 Å². The molecule has 2 aromatic heterocycles. The van der Waals surface area contributed by atoms with Crippen LogP contribution in [0, 0.1) is 24.7 Å². The monoisotopic (exact) mass is 421 g/mol. The van der Waals surface area contributed by atoms with Crippen LogP contribution in [0.25, 0.3) is 0 Å². The second-order valence-electron chi connectivity index (χ2n) is 7.71. The third kappa shape index (κ3) is 3.67. The van der Waals surface area contributed by atoms with Crippen LogP contribution in [0.1, 0.15) is 33.9 Å². The minimum Gasteiger partial charge on any atom is -0.355 e. The number of fused-ring (bicyclic) bond motifs is 1. The van der Waals surface area contributed by atoms with Gasteiger partial charge < -0.3 is 10.2 Å². The maximum atomic E-state index is 12.8. The molecule has 4 rings (SSSR count). The summed E-state index contributed by atoms with van der Waals surface area (Å²) in [6.07, 6.45) is 4.30. The molecule has 28 heavy (non-hydrogen) atoms. The van der Waals surface area contributed by atoms with Crippen LogP contribution in [0.3, 0.4) is 0 Å². The number of amides is 2. The SMILES string of the molecule is Cc1ncsc1CCNC(=O)[C@@H]1C[C@H]2CCN(C(=O)c3nn(C)cc3Cl)C[C@H]21. The van der Waals surface area contributed by atoms with Crippen LogP contribution in [-0.2, 0) is 18.3 Å². The van der Waals surface area contributed by atoms with Gasteiger partial charge in [0.05, 0.1) is 16.2 Å². The molecule has 2 aromatic rings. The number of hydrogen-bond donors (Lipinski definition) is 1.